The van der Waals surface area contributed by atoms with Crippen LogP contribution in [0.3, 0.4) is 0 Å². The minimum absolute atomic E-state index is 0.851. The van der Waals surface area contributed by atoms with Crippen LogP contribution in [0.1, 0.15) is 25.0 Å². The molecule has 0 radical (unpaired) electrons. The smallest absolute Gasteiger partial charge is 0.0733 e. The Kier molecular flexibility index (Phi) is 2.44. The molecule has 1 aromatic heterocycles. The van der Waals surface area contributed by atoms with Gasteiger partial charge in [0.15, 0.2) is 0 Å². The summed E-state index contributed by atoms with van der Waals surface area (Å²) in [5.74, 6) is 0.851. The number of hydrogen-bond acceptors (Lipinski definition) is 2. The molecule has 12 heavy (non-hydrogen) atoms. The van der Waals surface area contributed by atoms with E-state index >= 15 is 0 Å². The Morgan fingerprint density at radius 3 is 3.00 bits per heavy atom. The second-order valence-corrected chi connectivity index (χ2v) is 3.90. The lowest BCUT2D eigenvalue weighted by atomic mass is 9.85. The topological polar surface area (TPSA) is 30.7 Å². The third-order valence-corrected chi connectivity index (χ3v) is 3.07. The Balaban J connectivity index is 2.00. The molecular weight excluding hydrogens is 218 g/mol. The number of hydrogen-bond donors (Lipinski definition) is 0. The molecule has 1 heterocycles. The van der Waals surface area contributed by atoms with Crippen LogP contribution in [0.25, 0.3) is 0 Å². The zero-order chi connectivity index (χ0) is 8.39. The molecule has 0 aliphatic heterocycles. The molecule has 3 nitrogen and oxygen atoms in total. The van der Waals surface area contributed by atoms with Gasteiger partial charge in [-0.15, -0.1) is 5.10 Å². The number of aromatic nitrogens is 3. The first-order valence-electron chi connectivity index (χ1n) is 4.33. The van der Waals surface area contributed by atoms with Gasteiger partial charge in [-0.25, -0.2) is 4.68 Å². The van der Waals surface area contributed by atoms with Crippen molar-refractivity contribution in [3.8, 4) is 0 Å². The number of nitrogens with zero attached hydrogens (tertiary/aromatic N) is 3. The summed E-state index contributed by atoms with van der Waals surface area (Å²) >= 11 is 3.42. The van der Waals surface area contributed by atoms with Crippen LogP contribution in [0, 0.1) is 5.92 Å². The highest BCUT2D eigenvalue weighted by atomic mass is 79.9. The quantitative estimate of drug-likeness (QED) is 0.743. The Bertz CT molecular complexity index is 255. The first-order valence-corrected chi connectivity index (χ1v) is 5.45. The van der Waals surface area contributed by atoms with E-state index in [1.807, 2.05) is 10.9 Å². The summed E-state index contributed by atoms with van der Waals surface area (Å²) in [5.41, 5.74) is 1.18. The minimum Gasteiger partial charge on any atom is -0.248 e. The van der Waals surface area contributed by atoms with Gasteiger partial charge in [0.25, 0.3) is 0 Å². The van der Waals surface area contributed by atoms with Crippen molar-refractivity contribution in [2.24, 2.45) is 5.92 Å². The predicted octanol–water partition coefficient (Wildman–Crippen LogP) is 1.97. The molecule has 0 N–H and O–H groups in total. The van der Waals surface area contributed by atoms with Crippen molar-refractivity contribution in [2.45, 2.75) is 31.1 Å². The summed E-state index contributed by atoms with van der Waals surface area (Å²) in [6.45, 7) is 1.06. The van der Waals surface area contributed by atoms with Gasteiger partial charge in [0.1, 0.15) is 0 Å². The molecular formula is C8H12BrN3. The van der Waals surface area contributed by atoms with E-state index < -0.39 is 0 Å². The van der Waals surface area contributed by atoms with E-state index in [4.69, 9.17) is 0 Å². The maximum Gasteiger partial charge on any atom is 0.0733 e. The number of alkyl halides is 1. The second-order valence-electron chi connectivity index (χ2n) is 3.34. The summed E-state index contributed by atoms with van der Waals surface area (Å²) in [6, 6.07) is 0. The van der Waals surface area contributed by atoms with E-state index in [-0.39, 0.29) is 0 Å². The summed E-state index contributed by atoms with van der Waals surface area (Å²) in [7, 11) is 0. The van der Waals surface area contributed by atoms with Crippen LogP contribution in [0.5, 0.6) is 0 Å². The van der Waals surface area contributed by atoms with Gasteiger partial charge in [0.05, 0.1) is 11.9 Å². The fourth-order valence-electron chi connectivity index (χ4n) is 1.46. The zero-order valence-corrected chi connectivity index (χ0v) is 8.50. The molecule has 0 unspecified atom stereocenters. The normalized spacial score (nSPS) is 17.8. The lowest BCUT2D eigenvalue weighted by Crippen LogP contribution is -2.19. The summed E-state index contributed by atoms with van der Waals surface area (Å²) in [5, 5.41) is 8.79. The van der Waals surface area contributed by atoms with Crippen molar-refractivity contribution in [2.75, 3.05) is 0 Å². The second kappa shape index (κ2) is 3.56. The lowest BCUT2D eigenvalue weighted by molar-refractivity contribution is 0.262. The highest BCUT2D eigenvalue weighted by Gasteiger charge is 2.19. The standard InChI is InChI=1S/C8H12BrN3/c9-4-8-5-10-11-12(8)6-7-2-1-3-7/h5,7H,1-4,6H2. The van der Waals surface area contributed by atoms with E-state index in [0.717, 1.165) is 17.8 Å². The van der Waals surface area contributed by atoms with Crippen LogP contribution in [0.15, 0.2) is 6.20 Å². The minimum atomic E-state index is 0.851. The van der Waals surface area contributed by atoms with Crippen molar-refractivity contribution < 1.29 is 0 Å². The van der Waals surface area contributed by atoms with Crippen LogP contribution in [0.4, 0.5) is 0 Å². The van der Waals surface area contributed by atoms with Gasteiger partial charge in [0, 0.05) is 11.9 Å². The molecule has 1 aliphatic rings. The van der Waals surface area contributed by atoms with Crippen LogP contribution in [-0.4, -0.2) is 15.0 Å². The van der Waals surface area contributed by atoms with Gasteiger partial charge in [-0.1, -0.05) is 27.6 Å². The van der Waals surface area contributed by atoms with Crippen molar-refractivity contribution in [1.29, 1.82) is 0 Å². The van der Waals surface area contributed by atoms with Crippen LogP contribution in [0.2, 0.25) is 0 Å². The molecule has 66 valence electrons. The van der Waals surface area contributed by atoms with Crippen LogP contribution in [-0.2, 0) is 11.9 Å². The highest BCUT2D eigenvalue weighted by molar-refractivity contribution is 9.08. The first-order chi connectivity index (χ1) is 5.90. The van der Waals surface area contributed by atoms with Gasteiger partial charge in [0.2, 0.25) is 0 Å². The molecule has 0 aromatic carbocycles. The third kappa shape index (κ3) is 1.53. The maximum absolute atomic E-state index is 4.05. The van der Waals surface area contributed by atoms with Gasteiger partial charge in [-0.05, 0) is 18.8 Å². The molecule has 2 rings (SSSR count). The van der Waals surface area contributed by atoms with Crippen molar-refractivity contribution in [3.05, 3.63) is 11.9 Å². The van der Waals surface area contributed by atoms with Gasteiger partial charge >= 0.3 is 0 Å². The monoisotopic (exact) mass is 229 g/mol. The average Bonchev–Trinajstić information content (AvgIpc) is 2.43. The van der Waals surface area contributed by atoms with Gasteiger partial charge < -0.3 is 0 Å². The Morgan fingerprint density at radius 1 is 1.58 bits per heavy atom. The number of rotatable bonds is 3. The molecule has 0 spiro atoms. The molecule has 1 fully saturated rings. The van der Waals surface area contributed by atoms with Crippen LogP contribution < -0.4 is 0 Å². The average molecular weight is 230 g/mol. The lowest BCUT2D eigenvalue weighted by Gasteiger charge is -2.25. The van der Waals surface area contributed by atoms with Gasteiger partial charge in [-0.3, -0.25) is 0 Å². The SMILES string of the molecule is BrCc1cnnn1CC1CCC1. The Labute approximate surface area is 80.3 Å². The van der Waals surface area contributed by atoms with Gasteiger partial charge in [-0.2, -0.15) is 0 Å². The number of halogens is 1. The molecule has 0 saturated heterocycles. The molecule has 1 aliphatic carbocycles. The fourth-order valence-corrected chi connectivity index (χ4v) is 1.89. The first kappa shape index (κ1) is 8.23. The Morgan fingerprint density at radius 2 is 2.42 bits per heavy atom. The third-order valence-electron chi connectivity index (χ3n) is 2.49. The summed E-state index contributed by atoms with van der Waals surface area (Å²) in [6.07, 6.45) is 5.94. The van der Waals surface area contributed by atoms with E-state index in [2.05, 4.69) is 26.2 Å². The molecule has 4 heteroatoms. The van der Waals surface area contributed by atoms with E-state index in [1.165, 1.54) is 25.0 Å². The van der Waals surface area contributed by atoms with Crippen LogP contribution >= 0.6 is 15.9 Å². The molecule has 0 atom stereocenters. The van der Waals surface area contributed by atoms with E-state index in [9.17, 15) is 0 Å². The maximum atomic E-state index is 4.05. The molecule has 0 amide bonds. The predicted molar refractivity (Wildman–Crippen MR) is 50.0 cm³/mol. The summed E-state index contributed by atoms with van der Waals surface area (Å²) in [4.78, 5) is 0. The molecule has 1 aromatic rings. The largest absolute Gasteiger partial charge is 0.248 e. The van der Waals surface area contributed by atoms with Crippen molar-refractivity contribution >= 4 is 15.9 Å². The molecule has 1 saturated carbocycles. The highest BCUT2D eigenvalue weighted by Crippen LogP contribution is 2.27. The zero-order valence-electron chi connectivity index (χ0n) is 6.91. The molecule has 0 bridgehead atoms. The summed E-state index contributed by atoms with van der Waals surface area (Å²) < 4.78 is 2.01. The van der Waals surface area contributed by atoms with Crippen molar-refractivity contribution in [1.82, 2.24) is 15.0 Å². The van der Waals surface area contributed by atoms with E-state index in [0.29, 0.717) is 0 Å². The van der Waals surface area contributed by atoms with Crippen molar-refractivity contribution in [3.63, 3.8) is 0 Å². The Hall–Kier alpha value is -0.380. The fraction of sp³-hybridized carbons (Fsp3) is 0.750. The van der Waals surface area contributed by atoms with E-state index in [1.54, 1.807) is 0 Å².